The standard InChI is InChI=1S/C16H33N3O2/c1-6-21-15(20)16(4,17-14(2)3)8-7-9-19-12-10-18(5)11-13-19/h14,17H,6-13H2,1-5H3. The second-order valence-electron chi connectivity index (χ2n) is 6.60. The molecule has 0 aliphatic carbocycles. The number of nitrogens with one attached hydrogen (secondary N) is 1. The van der Waals surface area contributed by atoms with Gasteiger partial charge in [0.05, 0.1) is 6.61 Å². The lowest BCUT2D eigenvalue weighted by Crippen LogP contribution is -2.53. The molecule has 1 aliphatic heterocycles. The van der Waals surface area contributed by atoms with Crippen molar-refractivity contribution in [1.82, 2.24) is 15.1 Å². The molecule has 1 heterocycles. The highest BCUT2D eigenvalue weighted by molar-refractivity contribution is 5.80. The van der Waals surface area contributed by atoms with Crippen LogP contribution < -0.4 is 5.32 Å². The first-order valence-corrected chi connectivity index (χ1v) is 8.23. The van der Waals surface area contributed by atoms with Gasteiger partial charge in [0.25, 0.3) is 0 Å². The van der Waals surface area contributed by atoms with E-state index >= 15 is 0 Å². The zero-order chi connectivity index (χ0) is 15.9. The van der Waals surface area contributed by atoms with Crippen LogP contribution >= 0.6 is 0 Å². The summed E-state index contributed by atoms with van der Waals surface area (Å²) in [6, 6.07) is 0.267. The van der Waals surface area contributed by atoms with Gasteiger partial charge in [-0.05, 0) is 54.1 Å². The molecule has 1 atom stereocenters. The monoisotopic (exact) mass is 299 g/mol. The summed E-state index contributed by atoms with van der Waals surface area (Å²) in [4.78, 5) is 17.1. The minimum absolute atomic E-state index is 0.128. The average molecular weight is 299 g/mol. The van der Waals surface area contributed by atoms with Gasteiger partial charge in [0, 0.05) is 32.2 Å². The SMILES string of the molecule is CCOC(=O)C(C)(CCCN1CCN(C)CC1)NC(C)C. The van der Waals surface area contributed by atoms with Crippen molar-refractivity contribution in [1.29, 1.82) is 0 Å². The number of hydrogen-bond donors (Lipinski definition) is 1. The molecule has 5 nitrogen and oxygen atoms in total. The van der Waals surface area contributed by atoms with E-state index in [0.29, 0.717) is 6.61 Å². The Labute approximate surface area is 130 Å². The fourth-order valence-corrected chi connectivity index (χ4v) is 2.89. The molecule has 1 rings (SSSR count). The van der Waals surface area contributed by atoms with Crippen molar-refractivity contribution in [2.75, 3.05) is 46.4 Å². The quantitative estimate of drug-likeness (QED) is 0.685. The third-order valence-corrected chi connectivity index (χ3v) is 4.08. The normalized spacial score (nSPS) is 20.5. The van der Waals surface area contributed by atoms with E-state index in [2.05, 4.69) is 36.0 Å². The highest BCUT2D eigenvalue weighted by Gasteiger charge is 2.34. The van der Waals surface area contributed by atoms with Crippen molar-refractivity contribution in [3.8, 4) is 0 Å². The first-order chi connectivity index (χ1) is 9.87. The van der Waals surface area contributed by atoms with Crippen LogP contribution in [-0.2, 0) is 9.53 Å². The Hall–Kier alpha value is -0.650. The maximum Gasteiger partial charge on any atom is 0.326 e. The van der Waals surface area contributed by atoms with Crippen LogP contribution in [0.15, 0.2) is 0 Å². The molecule has 1 N–H and O–H groups in total. The first-order valence-electron chi connectivity index (χ1n) is 8.23. The molecule has 0 aromatic heterocycles. The van der Waals surface area contributed by atoms with Gasteiger partial charge in [0.1, 0.15) is 5.54 Å². The molecule has 1 fully saturated rings. The minimum Gasteiger partial charge on any atom is -0.465 e. The predicted octanol–water partition coefficient (Wildman–Crippen LogP) is 1.33. The van der Waals surface area contributed by atoms with Crippen LogP contribution in [0.5, 0.6) is 0 Å². The number of likely N-dealkylation sites (N-methyl/N-ethyl adjacent to an activating group) is 1. The molecule has 0 radical (unpaired) electrons. The van der Waals surface area contributed by atoms with E-state index in [1.54, 1.807) is 0 Å². The summed E-state index contributed by atoms with van der Waals surface area (Å²) in [6.45, 7) is 14.0. The lowest BCUT2D eigenvalue weighted by Gasteiger charge is -2.34. The Balaban J connectivity index is 2.43. The summed E-state index contributed by atoms with van der Waals surface area (Å²) in [5.74, 6) is -0.128. The van der Waals surface area contributed by atoms with E-state index in [9.17, 15) is 4.79 Å². The maximum atomic E-state index is 12.2. The summed E-state index contributed by atoms with van der Waals surface area (Å²) in [5.41, 5.74) is -0.573. The maximum absolute atomic E-state index is 12.2. The molecule has 0 aromatic rings. The fraction of sp³-hybridized carbons (Fsp3) is 0.938. The van der Waals surface area contributed by atoms with Crippen LogP contribution in [0.1, 0.15) is 40.5 Å². The highest BCUT2D eigenvalue weighted by atomic mass is 16.5. The second kappa shape index (κ2) is 8.71. The number of piperazine rings is 1. The molecule has 124 valence electrons. The molecule has 1 unspecified atom stereocenters. The molecule has 0 bridgehead atoms. The Bertz CT molecular complexity index is 315. The number of ether oxygens (including phenoxy) is 1. The highest BCUT2D eigenvalue weighted by Crippen LogP contribution is 2.17. The van der Waals surface area contributed by atoms with Crippen molar-refractivity contribution >= 4 is 5.97 Å². The van der Waals surface area contributed by atoms with Crippen LogP contribution in [0.25, 0.3) is 0 Å². The second-order valence-corrected chi connectivity index (χ2v) is 6.60. The van der Waals surface area contributed by atoms with Crippen LogP contribution in [0.4, 0.5) is 0 Å². The van der Waals surface area contributed by atoms with E-state index in [-0.39, 0.29) is 12.0 Å². The van der Waals surface area contributed by atoms with Gasteiger partial charge in [-0.1, -0.05) is 0 Å². The van der Waals surface area contributed by atoms with Crippen LogP contribution in [0, 0.1) is 0 Å². The van der Waals surface area contributed by atoms with Gasteiger partial charge < -0.3 is 14.5 Å². The Kier molecular flexibility index (Phi) is 7.63. The summed E-state index contributed by atoms with van der Waals surface area (Å²) in [5, 5.41) is 3.38. The van der Waals surface area contributed by atoms with E-state index in [1.165, 1.54) is 0 Å². The van der Waals surface area contributed by atoms with Gasteiger partial charge in [-0.2, -0.15) is 0 Å². The third kappa shape index (κ3) is 6.32. The van der Waals surface area contributed by atoms with E-state index in [4.69, 9.17) is 4.74 Å². The fourth-order valence-electron chi connectivity index (χ4n) is 2.89. The van der Waals surface area contributed by atoms with Crippen LogP contribution in [0.3, 0.4) is 0 Å². The third-order valence-electron chi connectivity index (χ3n) is 4.08. The zero-order valence-corrected chi connectivity index (χ0v) is 14.4. The predicted molar refractivity (Wildman–Crippen MR) is 86.5 cm³/mol. The number of esters is 1. The smallest absolute Gasteiger partial charge is 0.326 e. The lowest BCUT2D eigenvalue weighted by molar-refractivity contribution is -0.151. The van der Waals surface area contributed by atoms with Gasteiger partial charge in [-0.15, -0.1) is 0 Å². The summed E-state index contributed by atoms with van der Waals surface area (Å²) >= 11 is 0. The number of carbonyl (C=O) groups is 1. The van der Waals surface area contributed by atoms with Crippen LogP contribution in [-0.4, -0.2) is 73.7 Å². The average Bonchev–Trinajstić information content (AvgIpc) is 2.40. The van der Waals surface area contributed by atoms with Crippen molar-refractivity contribution in [2.45, 2.75) is 52.1 Å². The molecule has 5 heteroatoms. The molecule has 0 spiro atoms. The largest absolute Gasteiger partial charge is 0.465 e. The summed E-state index contributed by atoms with van der Waals surface area (Å²) < 4.78 is 5.24. The lowest BCUT2D eigenvalue weighted by atomic mass is 9.94. The molecular weight excluding hydrogens is 266 g/mol. The van der Waals surface area contributed by atoms with E-state index in [0.717, 1.165) is 45.6 Å². The van der Waals surface area contributed by atoms with Gasteiger partial charge in [-0.3, -0.25) is 10.1 Å². The van der Waals surface area contributed by atoms with Gasteiger partial charge >= 0.3 is 5.97 Å². The van der Waals surface area contributed by atoms with Gasteiger partial charge in [-0.25, -0.2) is 0 Å². The molecule has 21 heavy (non-hydrogen) atoms. The molecule has 1 saturated heterocycles. The number of rotatable bonds is 8. The molecule has 0 saturated carbocycles. The molecular formula is C16H33N3O2. The topological polar surface area (TPSA) is 44.8 Å². The molecule has 0 amide bonds. The zero-order valence-electron chi connectivity index (χ0n) is 14.4. The van der Waals surface area contributed by atoms with E-state index < -0.39 is 5.54 Å². The molecule has 0 aromatic carbocycles. The van der Waals surface area contributed by atoms with Crippen molar-refractivity contribution in [3.63, 3.8) is 0 Å². The van der Waals surface area contributed by atoms with Crippen LogP contribution in [0.2, 0.25) is 0 Å². The van der Waals surface area contributed by atoms with Gasteiger partial charge in [0.2, 0.25) is 0 Å². The number of carbonyl (C=O) groups excluding carboxylic acids is 1. The summed E-state index contributed by atoms with van der Waals surface area (Å²) in [7, 11) is 2.17. The van der Waals surface area contributed by atoms with Crippen molar-refractivity contribution in [3.05, 3.63) is 0 Å². The minimum atomic E-state index is -0.573. The first kappa shape index (κ1) is 18.4. The Morgan fingerprint density at radius 2 is 1.90 bits per heavy atom. The van der Waals surface area contributed by atoms with Crippen molar-refractivity contribution < 1.29 is 9.53 Å². The molecule has 1 aliphatic rings. The number of nitrogens with zero attached hydrogens (tertiary/aromatic N) is 2. The van der Waals surface area contributed by atoms with Crippen molar-refractivity contribution in [2.24, 2.45) is 0 Å². The number of hydrogen-bond acceptors (Lipinski definition) is 5. The van der Waals surface area contributed by atoms with Gasteiger partial charge in [0.15, 0.2) is 0 Å². The Morgan fingerprint density at radius 3 is 2.43 bits per heavy atom. The Morgan fingerprint density at radius 1 is 1.29 bits per heavy atom. The summed E-state index contributed by atoms with van der Waals surface area (Å²) in [6.07, 6.45) is 1.83. The van der Waals surface area contributed by atoms with E-state index in [1.807, 2.05) is 13.8 Å².